The maximum absolute atomic E-state index is 7.69. The standard InChI is InChI=1S/C44H29N3/c1-29-14-3-4-15-31(29)44-36(20-13-25-43(44)47-41-24-12-8-19-35(41)37-28-30(45-2)26-27-42(37)47)34-18-7-11-23-40(34)46-38-21-9-5-16-32(38)33-17-6-10-22-39(33)46/h3-28H,1H3. The lowest BCUT2D eigenvalue weighted by Gasteiger charge is -2.22. The Kier molecular flexibility index (Phi) is 6.10. The molecule has 9 rings (SSSR count). The average Bonchev–Trinajstić information content (AvgIpc) is 3.64. The summed E-state index contributed by atoms with van der Waals surface area (Å²) in [6, 6.07) is 56.1. The van der Waals surface area contributed by atoms with Crippen molar-refractivity contribution in [1.82, 2.24) is 9.13 Å². The van der Waals surface area contributed by atoms with Crippen molar-refractivity contribution in [2.45, 2.75) is 6.92 Å². The number of hydrogen-bond acceptors (Lipinski definition) is 0. The molecule has 47 heavy (non-hydrogen) atoms. The molecule has 0 aliphatic heterocycles. The van der Waals surface area contributed by atoms with Crippen LogP contribution in [-0.2, 0) is 0 Å². The summed E-state index contributed by atoms with van der Waals surface area (Å²) in [5.74, 6) is 0. The first-order chi connectivity index (χ1) is 23.2. The highest BCUT2D eigenvalue weighted by atomic mass is 15.0. The minimum absolute atomic E-state index is 0.647. The molecule has 0 aliphatic rings. The number of hydrogen-bond donors (Lipinski definition) is 0. The van der Waals surface area contributed by atoms with Gasteiger partial charge in [-0.15, -0.1) is 0 Å². The Labute approximate surface area is 273 Å². The molecule has 0 atom stereocenters. The van der Waals surface area contributed by atoms with Gasteiger partial charge in [0.25, 0.3) is 0 Å². The van der Waals surface area contributed by atoms with Crippen LogP contribution < -0.4 is 0 Å². The second-order valence-electron chi connectivity index (χ2n) is 12.1. The predicted molar refractivity (Wildman–Crippen MR) is 197 cm³/mol. The van der Waals surface area contributed by atoms with Crippen LogP contribution >= 0.6 is 0 Å². The van der Waals surface area contributed by atoms with Gasteiger partial charge < -0.3 is 9.13 Å². The van der Waals surface area contributed by atoms with E-state index in [1.807, 2.05) is 12.1 Å². The van der Waals surface area contributed by atoms with Gasteiger partial charge in [-0.25, -0.2) is 4.85 Å². The van der Waals surface area contributed by atoms with E-state index < -0.39 is 0 Å². The van der Waals surface area contributed by atoms with E-state index in [1.54, 1.807) is 0 Å². The highest BCUT2D eigenvalue weighted by molar-refractivity contribution is 6.12. The molecule has 0 aliphatic carbocycles. The van der Waals surface area contributed by atoms with E-state index in [2.05, 4.69) is 166 Å². The molecule has 0 fully saturated rings. The van der Waals surface area contributed by atoms with Gasteiger partial charge in [0.15, 0.2) is 5.69 Å². The largest absolute Gasteiger partial charge is 0.309 e. The van der Waals surface area contributed by atoms with Gasteiger partial charge in [0, 0.05) is 27.3 Å². The average molecular weight is 600 g/mol. The molecular weight excluding hydrogens is 571 g/mol. The quantitative estimate of drug-likeness (QED) is 0.179. The molecule has 0 amide bonds. The number of fused-ring (bicyclic) bond motifs is 6. The molecule has 2 heterocycles. The van der Waals surface area contributed by atoms with Gasteiger partial charge >= 0.3 is 0 Å². The lowest BCUT2D eigenvalue weighted by Crippen LogP contribution is -2.02. The Bertz CT molecular complexity index is 2660. The van der Waals surface area contributed by atoms with Crippen molar-refractivity contribution in [3.05, 3.63) is 175 Å². The van der Waals surface area contributed by atoms with Crippen LogP contribution in [-0.4, -0.2) is 9.13 Å². The highest BCUT2D eigenvalue weighted by Crippen LogP contribution is 2.45. The number of benzene rings is 7. The van der Waals surface area contributed by atoms with Gasteiger partial charge in [0.05, 0.1) is 40.0 Å². The fourth-order valence-electron chi connectivity index (χ4n) is 7.46. The Morgan fingerprint density at radius 2 is 0.915 bits per heavy atom. The molecule has 0 saturated carbocycles. The molecule has 2 aromatic heterocycles. The summed E-state index contributed by atoms with van der Waals surface area (Å²) in [5.41, 5.74) is 13.4. The summed E-state index contributed by atoms with van der Waals surface area (Å²) < 4.78 is 4.80. The van der Waals surface area contributed by atoms with Gasteiger partial charge in [-0.05, 0) is 71.5 Å². The van der Waals surface area contributed by atoms with Gasteiger partial charge in [-0.1, -0.05) is 115 Å². The summed E-state index contributed by atoms with van der Waals surface area (Å²) in [7, 11) is 0. The zero-order chi connectivity index (χ0) is 31.5. The summed E-state index contributed by atoms with van der Waals surface area (Å²) in [6.45, 7) is 9.88. The second-order valence-corrected chi connectivity index (χ2v) is 12.1. The van der Waals surface area contributed by atoms with Gasteiger partial charge in [0.2, 0.25) is 0 Å². The SMILES string of the molecule is [C-]#[N+]c1ccc2c(c1)c1ccccc1n2-c1cccc(-c2ccccc2-n2c3ccccc3c3ccccc32)c1-c1ccccc1C. The number of aromatic nitrogens is 2. The van der Waals surface area contributed by atoms with E-state index in [-0.39, 0.29) is 0 Å². The summed E-state index contributed by atoms with van der Waals surface area (Å²) >= 11 is 0. The Balaban J connectivity index is 1.41. The maximum atomic E-state index is 7.69. The summed E-state index contributed by atoms with van der Waals surface area (Å²) in [6.07, 6.45) is 0. The minimum Gasteiger partial charge on any atom is -0.309 e. The zero-order valence-electron chi connectivity index (χ0n) is 25.9. The van der Waals surface area contributed by atoms with Crippen molar-refractivity contribution in [2.24, 2.45) is 0 Å². The number of para-hydroxylation sites is 4. The van der Waals surface area contributed by atoms with Crippen LogP contribution in [0, 0.1) is 13.5 Å². The van der Waals surface area contributed by atoms with Crippen LogP contribution in [0.25, 0.3) is 82.1 Å². The fourth-order valence-corrected chi connectivity index (χ4v) is 7.46. The first kappa shape index (κ1) is 27.0. The van der Waals surface area contributed by atoms with Crippen molar-refractivity contribution in [2.75, 3.05) is 0 Å². The molecule has 0 radical (unpaired) electrons. The van der Waals surface area contributed by atoms with Gasteiger partial charge in [-0.3, -0.25) is 0 Å². The third-order valence-corrected chi connectivity index (χ3v) is 9.50. The summed E-state index contributed by atoms with van der Waals surface area (Å²) in [5, 5.41) is 4.71. The molecule has 220 valence electrons. The van der Waals surface area contributed by atoms with Crippen LogP contribution in [0.1, 0.15) is 5.56 Å². The molecule has 0 saturated heterocycles. The van der Waals surface area contributed by atoms with Crippen LogP contribution in [0.4, 0.5) is 5.69 Å². The molecule has 3 nitrogen and oxygen atoms in total. The zero-order valence-corrected chi connectivity index (χ0v) is 25.9. The van der Waals surface area contributed by atoms with Gasteiger partial charge in [-0.2, -0.15) is 0 Å². The number of aryl methyl sites for hydroxylation is 1. The highest BCUT2D eigenvalue weighted by Gasteiger charge is 2.22. The van der Waals surface area contributed by atoms with Crippen LogP contribution in [0.2, 0.25) is 0 Å². The lowest BCUT2D eigenvalue weighted by molar-refractivity contribution is 1.17. The van der Waals surface area contributed by atoms with Gasteiger partial charge in [0.1, 0.15) is 0 Å². The Morgan fingerprint density at radius 3 is 1.57 bits per heavy atom. The molecule has 0 bridgehead atoms. The maximum Gasteiger partial charge on any atom is 0.188 e. The number of rotatable bonds is 4. The van der Waals surface area contributed by atoms with E-state index in [1.165, 1.54) is 38.5 Å². The van der Waals surface area contributed by atoms with Crippen molar-refractivity contribution in [3.63, 3.8) is 0 Å². The molecule has 7 aromatic carbocycles. The summed E-state index contributed by atoms with van der Waals surface area (Å²) in [4.78, 5) is 3.76. The Morgan fingerprint density at radius 1 is 0.426 bits per heavy atom. The smallest absolute Gasteiger partial charge is 0.188 e. The van der Waals surface area contributed by atoms with Crippen molar-refractivity contribution in [3.8, 4) is 33.6 Å². The second kappa shape index (κ2) is 10.6. The van der Waals surface area contributed by atoms with E-state index in [0.717, 1.165) is 44.3 Å². The molecule has 0 N–H and O–H groups in total. The van der Waals surface area contributed by atoms with Crippen molar-refractivity contribution < 1.29 is 0 Å². The Hall–Kier alpha value is -6.37. The van der Waals surface area contributed by atoms with Crippen LogP contribution in [0.5, 0.6) is 0 Å². The third kappa shape index (κ3) is 4.06. The van der Waals surface area contributed by atoms with Crippen LogP contribution in [0.15, 0.2) is 158 Å². The molecular formula is C44H29N3. The molecule has 0 spiro atoms. The van der Waals surface area contributed by atoms with E-state index in [0.29, 0.717) is 5.69 Å². The topological polar surface area (TPSA) is 14.2 Å². The first-order valence-corrected chi connectivity index (χ1v) is 15.9. The third-order valence-electron chi connectivity index (χ3n) is 9.50. The fraction of sp³-hybridized carbons (Fsp3) is 0.0227. The molecule has 0 unspecified atom stereocenters. The van der Waals surface area contributed by atoms with E-state index in [9.17, 15) is 0 Å². The van der Waals surface area contributed by atoms with Crippen LogP contribution in [0.3, 0.4) is 0 Å². The van der Waals surface area contributed by atoms with E-state index >= 15 is 0 Å². The first-order valence-electron chi connectivity index (χ1n) is 15.9. The molecule has 9 aromatic rings. The van der Waals surface area contributed by atoms with E-state index in [4.69, 9.17) is 6.57 Å². The minimum atomic E-state index is 0.647. The van der Waals surface area contributed by atoms with Crippen molar-refractivity contribution in [1.29, 1.82) is 0 Å². The monoisotopic (exact) mass is 599 g/mol. The predicted octanol–water partition coefficient (Wildman–Crippen LogP) is 12.1. The van der Waals surface area contributed by atoms with Crippen molar-refractivity contribution >= 4 is 49.3 Å². The number of nitrogens with zero attached hydrogens (tertiary/aromatic N) is 3. The molecule has 3 heteroatoms. The normalized spacial score (nSPS) is 11.5. The lowest BCUT2D eigenvalue weighted by atomic mass is 9.89.